The van der Waals surface area contributed by atoms with E-state index < -0.39 is 5.97 Å². The van der Waals surface area contributed by atoms with Gasteiger partial charge in [0.2, 0.25) is 0 Å². The number of ether oxygens (including phenoxy) is 1. The van der Waals surface area contributed by atoms with Crippen molar-refractivity contribution in [3.05, 3.63) is 64.2 Å². The lowest BCUT2D eigenvalue weighted by atomic mass is 10.1. The van der Waals surface area contributed by atoms with Crippen LogP contribution >= 0.6 is 11.6 Å². The molecule has 108 valence electrons. The summed E-state index contributed by atoms with van der Waals surface area (Å²) in [6.45, 7) is 1.90. The van der Waals surface area contributed by atoms with Gasteiger partial charge in [0.1, 0.15) is 0 Å². The SMILES string of the molecule is COC(=O)c1ccc(NC(=O)c2ccc(C)cc2Cl)cc1. The highest BCUT2D eigenvalue weighted by molar-refractivity contribution is 6.34. The Hall–Kier alpha value is -2.33. The fraction of sp³-hybridized carbons (Fsp3) is 0.125. The van der Waals surface area contributed by atoms with Gasteiger partial charge in [0, 0.05) is 5.69 Å². The monoisotopic (exact) mass is 303 g/mol. The highest BCUT2D eigenvalue weighted by atomic mass is 35.5. The molecule has 0 aliphatic heterocycles. The van der Waals surface area contributed by atoms with Gasteiger partial charge in [-0.25, -0.2) is 4.79 Å². The van der Waals surface area contributed by atoms with Crippen LogP contribution in [0.4, 0.5) is 5.69 Å². The van der Waals surface area contributed by atoms with Crippen LogP contribution in [0.25, 0.3) is 0 Å². The van der Waals surface area contributed by atoms with E-state index in [1.807, 2.05) is 13.0 Å². The number of hydrogen-bond donors (Lipinski definition) is 1. The minimum absolute atomic E-state index is 0.300. The number of anilines is 1. The Kier molecular flexibility index (Phi) is 4.60. The molecule has 0 saturated heterocycles. The predicted molar refractivity (Wildman–Crippen MR) is 81.9 cm³/mol. The van der Waals surface area contributed by atoms with Crippen molar-refractivity contribution >= 4 is 29.2 Å². The number of aryl methyl sites for hydroxylation is 1. The first-order valence-corrected chi connectivity index (χ1v) is 6.65. The summed E-state index contributed by atoms with van der Waals surface area (Å²) in [4.78, 5) is 23.5. The van der Waals surface area contributed by atoms with E-state index in [0.717, 1.165) is 5.56 Å². The van der Waals surface area contributed by atoms with Gasteiger partial charge in [-0.15, -0.1) is 0 Å². The van der Waals surface area contributed by atoms with E-state index in [4.69, 9.17) is 11.6 Å². The number of carbonyl (C=O) groups excluding carboxylic acids is 2. The molecular formula is C16H14ClNO3. The summed E-state index contributed by atoms with van der Waals surface area (Å²) < 4.78 is 4.61. The maximum atomic E-state index is 12.1. The molecule has 0 saturated carbocycles. The third-order valence-corrected chi connectivity index (χ3v) is 3.25. The van der Waals surface area contributed by atoms with E-state index in [9.17, 15) is 9.59 Å². The Morgan fingerprint density at radius 2 is 1.76 bits per heavy atom. The molecule has 2 rings (SSSR count). The topological polar surface area (TPSA) is 55.4 Å². The van der Waals surface area contributed by atoms with E-state index in [1.165, 1.54) is 7.11 Å². The van der Waals surface area contributed by atoms with Gasteiger partial charge in [-0.1, -0.05) is 17.7 Å². The van der Waals surface area contributed by atoms with Crippen molar-refractivity contribution in [3.63, 3.8) is 0 Å². The molecule has 21 heavy (non-hydrogen) atoms. The molecule has 0 radical (unpaired) electrons. The molecule has 0 spiro atoms. The van der Waals surface area contributed by atoms with Gasteiger partial charge in [0.05, 0.1) is 23.3 Å². The van der Waals surface area contributed by atoms with Crippen LogP contribution in [0.2, 0.25) is 5.02 Å². The average Bonchev–Trinajstić information content (AvgIpc) is 2.47. The first kappa shape index (κ1) is 15.1. The number of esters is 1. The summed E-state index contributed by atoms with van der Waals surface area (Å²) in [6, 6.07) is 11.7. The molecule has 0 aliphatic carbocycles. The maximum absolute atomic E-state index is 12.1. The third-order valence-electron chi connectivity index (χ3n) is 2.93. The van der Waals surface area contributed by atoms with Crippen molar-refractivity contribution < 1.29 is 14.3 Å². The van der Waals surface area contributed by atoms with Gasteiger partial charge in [0.15, 0.2) is 0 Å². The number of benzene rings is 2. The number of methoxy groups -OCH3 is 1. The molecule has 0 aliphatic rings. The van der Waals surface area contributed by atoms with Crippen LogP contribution in [0, 0.1) is 6.92 Å². The van der Waals surface area contributed by atoms with E-state index >= 15 is 0 Å². The van der Waals surface area contributed by atoms with Crippen LogP contribution in [0.3, 0.4) is 0 Å². The van der Waals surface area contributed by atoms with Crippen molar-refractivity contribution in [1.29, 1.82) is 0 Å². The molecular weight excluding hydrogens is 290 g/mol. The van der Waals surface area contributed by atoms with Crippen LogP contribution in [0.15, 0.2) is 42.5 Å². The number of hydrogen-bond acceptors (Lipinski definition) is 3. The highest BCUT2D eigenvalue weighted by Gasteiger charge is 2.11. The molecule has 0 aromatic heterocycles. The number of amides is 1. The van der Waals surface area contributed by atoms with Crippen LogP contribution in [0.1, 0.15) is 26.3 Å². The van der Waals surface area contributed by atoms with Crippen LogP contribution in [-0.4, -0.2) is 19.0 Å². The molecule has 0 atom stereocenters. The van der Waals surface area contributed by atoms with Gasteiger partial charge >= 0.3 is 5.97 Å². The maximum Gasteiger partial charge on any atom is 0.337 e. The van der Waals surface area contributed by atoms with Gasteiger partial charge in [-0.3, -0.25) is 4.79 Å². The second kappa shape index (κ2) is 6.41. The molecule has 4 nitrogen and oxygen atoms in total. The molecule has 0 heterocycles. The summed E-state index contributed by atoms with van der Waals surface area (Å²) in [5.41, 5.74) is 2.38. The molecule has 1 N–H and O–H groups in total. The Balaban J connectivity index is 2.14. The summed E-state index contributed by atoms with van der Waals surface area (Å²) in [5, 5.41) is 3.13. The zero-order chi connectivity index (χ0) is 15.4. The van der Waals surface area contributed by atoms with Crippen LogP contribution in [0.5, 0.6) is 0 Å². The number of rotatable bonds is 3. The highest BCUT2D eigenvalue weighted by Crippen LogP contribution is 2.19. The minimum atomic E-state index is -0.422. The predicted octanol–water partition coefficient (Wildman–Crippen LogP) is 3.69. The van der Waals surface area contributed by atoms with E-state index in [2.05, 4.69) is 10.1 Å². The number of halogens is 1. The minimum Gasteiger partial charge on any atom is -0.465 e. The summed E-state index contributed by atoms with van der Waals surface area (Å²) >= 11 is 6.05. The van der Waals surface area contributed by atoms with Gasteiger partial charge < -0.3 is 10.1 Å². The first-order valence-electron chi connectivity index (χ1n) is 6.27. The molecule has 0 fully saturated rings. The van der Waals surface area contributed by atoms with Crippen molar-refractivity contribution in [2.75, 3.05) is 12.4 Å². The van der Waals surface area contributed by atoms with Gasteiger partial charge in [0.25, 0.3) is 5.91 Å². The average molecular weight is 304 g/mol. The Morgan fingerprint density at radius 3 is 2.33 bits per heavy atom. The molecule has 1 amide bonds. The van der Waals surface area contributed by atoms with E-state index in [1.54, 1.807) is 36.4 Å². The quantitative estimate of drug-likeness (QED) is 0.880. The zero-order valence-electron chi connectivity index (χ0n) is 11.6. The largest absolute Gasteiger partial charge is 0.465 e. The summed E-state index contributed by atoms with van der Waals surface area (Å²) in [7, 11) is 1.32. The lowest BCUT2D eigenvalue weighted by Crippen LogP contribution is -2.12. The fourth-order valence-electron chi connectivity index (χ4n) is 1.81. The van der Waals surface area contributed by atoms with Crippen molar-refractivity contribution in [2.45, 2.75) is 6.92 Å². The number of nitrogens with one attached hydrogen (secondary N) is 1. The lowest BCUT2D eigenvalue weighted by Gasteiger charge is -2.08. The molecule has 2 aromatic rings. The second-order valence-corrected chi connectivity index (χ2v) is 4.91. The third kappa shape index (κ3) is 3.61. The fourth-order valence-corrected chi connectivity index (χ4v) is 2.13. The number of carbonyl (C=O) groups is 2. The van der Waals surface area contributed by atoms with Gasteiger partial charge in [-0.2, -0.15) is 0 Å². The van der Waals surface area contributed by atoms with Crippen molar-refractivity contribution in [2.24, 2.45) is 0 Å². The van der Waals surface area contributed by atoms with Crippen LogP contribution in [-0.2, 0) is 4.74 Å². The Labute approximate surface area is 127 Å². The molecule has 0 bridgehead atoms. The zero-order valence-corrected chi connectivity index (χ0v) is 12.4. The molecule has 2 aromatic carbocycles. The molecule has 0 unspecified atom stereocenters. The van der Waals surface area contributed by atoms with Crippen LogP contribution < -0.4 is 5.32 Å². The van der Waals surface area contributed by atoms with E-state index in [0.29, 0.717) is 21.8 Å². The summed E-state index contributed by atoms with van der Waals surface area (Å²) in [6.07, 6.45) is 0. The summed E-state index contributed by atoms with van der Waals surface area (Å²) in [5.74, 6) is -0.722. The normalized spacial score (nSPS) is 10.0. The Morgan fingerprint density at radius 1 is 1.10 bits per heavy atom. The lowest BCUT2D eigenvalue weighted by molar-refractivity contribution is 0.0600. The van der Waals surface area contributed by atoms with Crippen molar-refractivity contribution in [3.8, 4) is 0 Å². The van der Waals surface area contributed by atoms with Crippen molar-refractivity contribution in [1.82, 2.24) is 0 Å². The standard InChI is InChI=1S/C16H14ClNO3/c1-10-3-8-13(14(17)9-10)15(19)18-12-6-4-11(5-7-12)16(20)21-2/h3-9H,1-2H3,(H,18,19). The van der Waals surface area contributed by atoms with E-state index in [-0.39, 0.29) is 5.91 Å². The first-order chi connectivity index (χ1) is 10.0. The Bertz CT molecular complexity index is 680. The smallest absolute Gasteiger partial charge is 0.337 e. The molecule has 5 heteroatoms. The second-order valence-electron chi connectivity index (χ2n) is 4.51. The van der Waals surface area contributed by atoms with Gasteiger partial charge in [-0.05, 0) is 48.9 Å².